The molecule has 0 aromatic rings. The number of allylic oxidation sites excluding steroid dienone is 14. The lowest BCUT2D eigenvalue weighted by Gasteiger charge is -2.15. The molecule has 1 atom stereocenters. The fourth-order valence-electron chi connectivity index (χ4n) is 8.67. The number of aliphatic hydroxyl groups is 1. The van der Waals surface area contributed by atoms with Crippen LogP contribution in [-0.2, 0) is 19.1 Å². The molecule has 0 aliphatic carbocycles. The van der Waals surface area contributed by atoms with Crippen molar-refractivity contribution in [2.24, 2.45) is 0 Å². The molecule has 1 unspecified atom stereocenters. The van der Waals surface area contributed by atoms with Gasteiger partial charge in [0.25, 0.3) is 0 Å². The zero-order valence-electron chi connectivity index (χ0n) is 46.3. The molecule has 0 aromatic carbocycles. The second-order valence-corrected chi connectivity index (χ2v) is 20.0. The fourth-order valence-corrected chi connectivity index (χ4v) is 8.67. The summed E-state index contributed by atoms with van der Waals surface area (Å²) >= 11 is 0. The molecular formula is C65H114O5. The smallest absolute Gasteiger partial charge is 0.306 e. The monoisotopic (exact) mass is 975 g/mol. The molecule has 0 amide bonds. The van der Waals surface area contributed by atoms with Crippen molar-refractivity contribution in [3.05, 3.63) is 85.1 Å². The maximum atomic E-state index is 12.2. The molecule has 0 heterocycles. The topological polar surface area (TPSA) is 72.8 Å². The van der Waals surface area contributed by atoms with Crippen LogP contribution in [0.5, 0.6) is 0 Å². The molecule has 0 aliphatic heterocycles. The summed E-state index contributed by atoms with van der Waals surface area (Å²) in [5.41, 5.74) is 0. The van der Waals surface area contributed by atoms with E-state index in [0.717, 1.165) is 77.0 Å². The Balaban J connectivity index is 3.40. The van der Waals surface area contributed by atoms with Crippen LogP contribution in [0.25, 0.3) is 0 Å². The van der Waals surface area contributed by atoms with Gasteiger partial charge in [0.2, 0.25) is 0 Å². The highest BCUT2D eigenvalue weighted by Gasteiger charge is 2.16. The zero-order chi connectivity index (χ0) is 50.6. The lowest BCUT2D eigenvalue weighted by molar-refractivity contribution is -0.161. The number of ether oxygens (including phenoxy) is 2. The molecule has 0 bridgehead atoms. The van der Waals surface area contributed by atoms with Crippen molar-refractivity contribution in [3.8, 4) is 0 Å². The van der Waals surface area contributed by atoms with Crippen molar-refractivity contribution in [2.75, 3.05) is 13.2 Å². The van der Waals surface area contributed by atoms with E-state index in [9.17, 15) is 14.7 Å². The summed E-state index contributed by atoms with van der Waals surface area (Å²) in [4.78, 5) is 24.4. The number of hydrogen-bond acceptors (Lipinski definition) is 5. The summed E-state index contributed by atoms with van der Waals surface area (Å²) in [7, 11) is 0. The van der Waals surface area contributed by atoms with Crippen LogP contribution in [0.15, 0.2) is 85.1 Å². The molecule has 0 rings (SSSR count). The Bertz CT molecular complexity index is 1290. The van der Waals surface area contributed by atoms with Crippen LogP contribution in [0.4, 0.5) is 0 Å². The Morgan fingerprint density at radius 1 is 0.343 bits per heavy atom. The predicted octanol–water partition coefficient (Wildman–Crippen LogP) is 20.5. The number of aliphatic hydroxyl groups excluding tert-OH is 1. The van der Waals surface area contributed by atoms with Gasteiger partial charge >= 0.3 is 11.9 Å². The largest absolute Gasteiger partial charge is 0.462 e. The van der Waals surface area contributed by atoms with Gasteiger partial charge in [0.05, 0.1) is 6.61 Å². The van der Waals surface area contributed by atoms with Gasteiger partial charge in [-0.25, -0.2) is 0 Å². The van der Waals surface area contributed by atoms with E-state index in [1.807, 2.05) is 0 Å². The number of hydrogen-bond donors (Lipinski definition) is 1. The highest BCUT2D eigenvalue weighted by Crippen LogP contribution is 2.17. The van der Waals surface area contributed by atoms with Crippen molar-refractivity contribution < 1.29 is 24.2 Å². The van der Waals surface area contributed by atoms with Crippen molar-refractivity contribution in [3.63, 3.8) is 0 Å². The van der Waals surface area contributed by atoms with Crippen LogP contribution in [-0.4, -0.2) is 36.4 Å². The number of esters is 2. The van der Waals surface area contributed by atoms with Crippen LogP contribution in [0, 0.1) is 0 Å². The number of rotatable bonds is 55. The molecular weight excluding hydrogens is 861 g/mol. The lowest BCUT2D eigenvalue weighted by atomic mass is 10.0. The third kappa shape index (κ3) is 57.7. The Morgan fingerprint density at radius 2 is 0.614 bits per heavy atom. The molecule has 70 heavy (non-hydrogen) atoms. The molecule has 5 nitrogen and oxygen atoms in total. The van der Waals surface area contributed by atoms with Gasteiger partial charge < -0.3 is 14.6 Å². The van der Waals surface area contributed by atoms with Crippen LogP contribution < -0.4 is 0 Å². The highest BCUT2D eigenvalue weighted by molar-refractivity contribution is 5.70. The van der Waals surface area contributed by atoms with E-state index in [-0.39, 0.29) is 25.2 Å². The van der Waals surface area contributed by atoms with Gasteiger partial charge in [0.1, 0.15) is 6.61 Å². The summed E-state index contributed by atoms with van der Waals surface area (Å²) in [6, 6.07) is 0. The second-order valence-electron chi connectivity index (χ2n) is 20.0. The van der Waals surface area contributed by atoms with Crippen molar-refractivity contribution >= 4 is 11.9 Å². The Kier molecular flexibility index (Phi) is 57.9. The normalized spacial score (nSPS) is 12.8. The number of carbonyl (C=O) groups excluding carboxylic acids is 2. The first kappa shape index (κ1) is 67.1. The lowest BCUT2D eigenvalue weighted by Crippen LogP contribution is -2.28. The summed E-state index contributed by atoms with van der Waals surface area (Å²) in [6.07, 6.45) is 84.6. The van der Waals surface area contributed by atoms with Gasteiger partial charge in [-0.15, -0.1) is 0 Å². The molecule has 0 aliphatic rings. The van der Waals surface area contributed by atoms with E-state index >= 15 is 0 Å². The SMILES string of the molecule is CC/C=C\C/C=C\C/C=C\C/C=C\CCCCC(=O)OC(CO)COC(=O)CCCCCCCCCCCCCCCCCCCCCCCCCCCC/C=C\C/C=C\C/C=C\CCCCCCC. The Morgan fingerprint density at radius 3 is 0.957 bits per heavy atom. The third-order valence-electron chi connectivity index (χ3n) is 13.2. The minimum atomic E-state index is -0.796. The number of unbranched alkanes of at least 4 members (excludes halogenated alkanes) is 33. The second kappa shape index (κ2) is 60.4. The van der Waals surface area contributed by atoms with E-state index in [0.29, 0.717) is 12.8 Å². The third-order valence-corrected chi connectivity index (χ3v) is 13.2. The summed E-state index contributed by atoms with van der Waals surface area (Å²) < 4.78 is 10.7. The molecule has 404 valence electrons. The van der Waals surface area contributed by atoms with Crippen molar-refractivity contribution in [1.29, 1.82) is 0 Å². The van der Waals surface area contributed by atoms with Gasteiger partial charge in [-0.1, -0.05) is 279 Å². The minimum absolute atomic E-state index is 0.0830. The molecule has 5 heteroatoms. The van der Waals surface area contributed by atoms with Gasteiger partial charge in [-0.2, -0.15) is 0 Å². The maximum Gasteiger partial charge on any atom is 0.306 e. The van der Waals surface area contributed by atoms with Gasteiger partial charge in [0, 0.05) is 12.8 Å². The van der Waals surface area contributed by atoms with Gasteiger partial charge in [-0.3, -0.25) is 9.59 Å². The van der Waals surface area contributed by atoms with E-state index in [2.05, 4.69) is 98.9 Å². The Hall–Kier alpha value is -2.92. The zero-order valence-corrected chi connectivity index (χ0v) is 46.3. The first-order chi connectivity index (χ1) is 34.6. The molecule has 0 spiro atoms. The van der Waals surface area contributed by atoms with Crippen molar-refractivity contribution in [1.82, 2.24) is 0 Å². The van der Waals surface area contributed by atoms with E-state index in [1.54, 1.807) is 0 Å². The first-order valence-electron chi connectivity index (χ1n) is 30.1. The van der Waals surface area contributed by atoms with Crippen LogP contribution in [0.3, 0.4) is 0 Å². The molecule has 1 N–H and O–H groups in total. The highest BCUT2D eigenvalue weighted by atomic mass is 16.6. The standard InChI is InChI=1S/C65H114O5/c1-3-5-7-9-11-13-15-17-19-20-21-22-23-24-25-26-27-28-29-30-31-32-33-34-35-36-37-38-39-40-41-42-43-44-46-47-49-51-53-55-57-59-64(67)69-62-63(61-66)70-65(68)60-58-56-54-52-50-48-45-18-16-14-12-10-8-6-4-2/h6,8,12,14-15,17-18,20-21,23-24,45,50,52,63,66H,3-5,7,9-11,13,16,19,22,25-44,46-49,51,53-62H2,1-2H3/b8-6-,14-12-,17-15-,21-20-,24-23-,45-18-,52-50-. The van der Waals surface area contributed by atoms with E-state index < -0.39 is 6.10 Å². The molecule has 0 saturated heterocycles. The molecule has 0 fully saturated rings. The van der Waals surface area contributed by atoms with Gasteiger partial charge in [0.15, 0.2) is 6.10 Å². The minimum Gasteiger partial charge on any atom is -0.462 e. The molecule has 0 saturated carbocycles. The van der Waals surface area contributed by atoms with Gasteiger partial charge in [-0.05, 0) is 89.9 Å². The van der Waals surface area contributed by atoms with E-state index in [1.165, 1.54) is 193 Å². The molecule has 0 aromatic heterocycles. The van der Waals surface area contributed by atoms with Crippen molar-refractivity contribution in [2.45, 2.75) is 302 Å². The Labute approximate surface area is 435 Å². The fraction of sp³-hybridized carbons (Fsp3) is 0.754. The van der Waals surface area contributed by atoms with Crippen LogP contribution >= 0.6 is 0 Å². The van der Waals surface area contributed by atoms with E-state index in [4.69, 9.17) is 9.47 Å². The predicted molar refractivity (Wildman–Crippen MR) is 306 cm³/mol. The maximum absolute atomic E-state index is 12.2. The molecule has 0 radical (unpaired) electrons. The average molecular weight is 976 g/mol. The quantitative estimate of drug-likeness (QED) is 0.0373. The number of carbonyl (C=O) groups is 2. The van der Waals surface area contributed by atoms with Crippen LogP contribution in [0.2, 0.25) is 0 Å². The first-order valence-corrected chi connectivity index (χ1v) is 30.1. The summed E-state index contributed by atoms with van der Waals surface area (Å²) in [5.74, 6) is -0.633. The summed E-state index contributed by atoms with van der Waals surface area (Å²) in [6.45, 7) is 3.99. The van der Waals surface area contributed by atoms with Crippen LogP contribution in [0.1, 0.15) is 296 Å². The average Bonchev–Trinajstić information content (AvgIpc) is 3.36. The summed E-state index contributed by atoms with van der Waals surface area (Å²) in [5, 5.41) is 9.62.